The molecule has 0 saturated carbocycles. The number of nitrogens with one attached hydrogen (secondary N) is 3. The Labute approximate surface area is 219 Å². The highest BCUT2D eigenvalue weighted by atomic mass is 19.1. The number of carboxylic acids is 1. The van der Waals surface area contributed by atoms with Crippen LogP contribution in [0.15, 0.2) is 59.7 Å². The number of carboxylic acid groups (broad SMARTS) is 1. The molecule has 4 rings (SSSR count). The van der Waals surface area contributed by atoms with E-state index in [1.807, 2.05) is 0 Å². The Bertz CT molecular complexity index is 1490. The van der Waals surface area contributed by atoms with Crippen LogP contribution in [0.5, 0.6) is 11.5 Å². The number of anilines is 1. The molecule has 0 saturated heterocycles. The van der Waals surface area contributed by atoms with E-state index in [0.717, 1.165) is 11.6 Å². The summed E-state index contributed by atoms with van der Waals surface area (Å²) in [7, 11) is 1.36. The summed E-state index contributed by atoms with van der Waals surface area (Å²) >= 11 is 0. The summed E-state index contributed by atoms with van der Waals surface area (Å²) in [4.78, 5) is 32.2. The number of halogens is 2. The maximum Gasteiger partial charge on any atom is 0.350 e. The number of aromatic amines is 1. The normalized spacial score (nSPS) is 11.1. The van der Waals surface area contributed by atoms with Crippen molar-refractivity contribution in [3.63, 3.8) is 0 Å². The standard InChI is InChI=1S/C22H20F2N8O3.C2H4O2/c1-34-14-9-15(17(24)16(10-14)35-11-23)18(29-13-5-3-12(4-6-13)19(25)26)20-30-22(33)32(31-20)21-27-7-2-8-28-21;1-2(3)4/h2-10,18,29H,11H2,1H3,(H3,25,26)(H,30,31,33);1H3,(H,3,4). The van der Waals surface area contributed by atoms with Gasteiger partial charge in [0.2, 0.25) is 6.86 Å². The Morgan fingerprint density at radius 2 is 1.90 bits per heavy atom. The number of H-pyrrole nitrogens is 1. The molecule has 0 bridgehead atoms. The number of amidine groups is 1. The van der Waals surface area contributed by atoms with Crippen LogP contribution in [-0.2, 0) is 4.79 Å². The SMILES string of the molecule is CC(=O)O.COc1cc(OCF)c(F)c(C(Nc2ccc(C(=N)N)cc2)c2nn(-c3ncccn3)c(=O)[nH]2)c1. The predicted octanol–water partition coefficient (Wildman–Crippen LogP) is 2.38. The molecule has 6 N–H and O–H groups in total. The Morgan fingerprint density at radius 3 is 2.46 bits per heavy atom. The van der Waals surface area contributed by atoms with Gasteiger partial charge in [0.1, 0.15) is 17.6 Å². The van der Waals surface area contributed by atoms with E-state index in [9.17, 15) is 9.18 Å². The van der Waals surface area contributed by atoms with Crippen LogP contribution in [0.25, 0.3) is 5.95 Å². The van der Waals surface area contributed by atoms with Crippen molar-refractivity contribution >= 4 is 17.5 Å². The van der Waals surface area contributed by atoms with Gasteiger partial charge in [-0.1, -0.05) is 0 Å². The molecule has 2 heterocycles. The van der Waals surface area contributed by atoms with E-state index in [1.165, 1.54) is 31.6 Å². The summed E-state index contributed by atoms with van der Waals surface area (Å²) in [6, 6.07) is 9.50. The minimum Gasteiger partial charge on any atom is -0.497 e. The highest BCUT2D eigenvalue weighted by Gasteiger charge is 2.27. The van der Waals surface area contributed by atoms with Crippen molar-refractivity contribution in [3.8, 4) is 17.4 Å². The molecule has 39 heavy (non-hydrogen) atoms. The highest BCUT2D eigenvalue weighted by Crippen LogP contribution is 2.35. The molecule has 0 radical (unpaired) electrons. The number of benzene rings is 2. The van der Waals surface area contributed by atoms with Gasteiger partial charge in [-0.3, -0.25) is 15.2 Å². The van der Waals surface area contributed by atoms with Crippen LogP contribution in [0.2, 0.25) is 0 Å². The first-order valence-electron chi connectivity index (χ1n) is 11.1. The van der Waals surface area contributed by atoms with Gasteiger partial charge in [0.05, 0.1) is 7.11 Å². The van der Waals surface area contributed by atoms with Gasteiger partial charge >= 0.3 is 5.69 Å². The number of hydrogen-bond donors (Lipinski definition) is 5. The van der Waals surface area contributed by atoms with Gasteiger partial charge in [-0.25, -0.2) is 23.5 Å². The number of ether oxygens (including phenoxy) is 2. The third-order valence-electron chi connectivity index (χ3n) is 4.95. The topological polar surface area (TPSA) is 194 Å². The van der Waals surface area contributed by atoms with E-state index >= 15 is 4.39 Å². The average molecular weight is 543 g/mol. The number of nitrogen functional groups attached to an aromatic ring is 1. The molecular formula is C24H24F2N8O5. The van der Waals surface area contributed by atoms with E-state index < -0.39 is 30.4 Å². The lowest BCUT2D eigenvalue weighted by molar-refractivity contribution is -0.134. The molecular weight excluding hydrogens is 518 g/mol. The summed E-state index contributed by atoms with van der Waals surface area (Å²) in [5.74, 6) is -2.00. The molecule has 2 aromatic heterocycles. The molecule has 0 aliphatic rings. The van der Waals surface area contributed by atoms with Crippen molar-refractivity contribution in [3.05, 3.63) is 88.1 Å². The second-order valence-corrected chi connectivity index (χ2v) is 7.65. The number of alkyl halides is 1. The summed E-state index contributed by atoms with van der Waals surface area (Å²) in [5, 5.41) is 22.3. The second kappa shape index (κ2) is 12.8. The smallest absolute Gasteiger partial charge is 0.350 e. The monoisotopic (exact) mass is 542 g/mol. The van der Waals surface area contributed by atoms with Crippen LogP contribution in [0, 0.1) is 11.2 Å². The molecule has 4 aromatic rings. The Balaban J connectivity index is 0.000000983. The number of nitrogens with zero attached hydrogens (tertiary/aromatic N) is 4. The third-order valence-corrected chi connectivity index (χ3v) is 4.95. The number of aromatic nitrogens is 5. The van der Waals surface area contributed by atoms with Gasteiger partial charge in [0.15, 0.2) is 17.4 Å². The minimum absolute atomic E-state index is 0.0106. The zero-order valence-corrected chi connectivity index (χ0v) is 20.7. The summed E-state index contributed by atoms with van der Waals surface area (Å²) in [6.07, 6.45) is 2.88. The fraction of sp³-hybridized carbons (Fsp3) is 0.167. The number of methoxy groups -OCH3 is 1. The quantitative estimate of drug-likeness (QED) is 0.155. The molecule has 0 spiro atoms. The second-order valence-electron chi connectivity index (χ2n) is 7.65. The maximum absolute atomic E-state index is 15.4. The van der Waals surface area contributed by atoms with Crippen LogP contribution in [0.3, 0.4) is 0 Å². The van der Waals surface area contributed by atoms with E-state index in [1.54, 1.807) is 30.3 Å². The molecule has 204 valence electrons. The van der Waals surface area contributed by atoms with Crippen molar-refractivity contribution in [1.29, 1.82) is 5.41 Å². The summed E-state index contributed by atoms with van der Waals surface area (Å²) < 4.78 is 39.3. The summed E-state index contributed by atoms with van der Waals surface area (Å²) in [5.41, 5.74) is 5.78. The van der Waals surface area contributed by atoms with Crippen LogP contribution in [0.4, 0.5) is 14.5 Å². The number of aliphatic carboxylic acids is 1. The molecule has 13 nitrogen and oxygen atoms in total. The van der Waals surface area contributed by atoms with Crippen molar-refractivity contribution in [2.75, 3.05) is 19.3 Å². The first-order valence-corrected chi connectivity index (χ1v) is 11.1. The molecule has 0 fully saturated rings. The number of carbonyl (C=O) groups is 1. The maximum atomic E-state index is 15.4. The zero-order valence-electron chi connectivity index (χ0n) is 20.7. The van der Waals surface area contributed by atoms with Crippen LogP contribution < -0.4 is 26.2 Å². The van der Waals surface area contributed by atoms with E-state index in [0.29, 0.717) is 11.3 Å². The zero-order chi connectivity index (χ0) is 28.5. The molecule has 0 aliphatic carbocycles. The van der Waals surface area contributed by atoms with Gasteiger partial charge in [-0.2, -0.15) is 0 Å². The van der Waals surface area contributed by atoms with E-state index in [4.69, 9.17) is 30.5 Å². The van der Waals surface area contributed by atoms with Crippen molar-refractivity contribution in [2.45, 2.75) is 13.0 Å². The van der Waals surface area contributed by atoms with Crippen LogP contribution in [0.1, 0.15) is 29.9 Å². The van der Waals surface area contributed by atoms with Crippen molar-refractivity contribution in [2.24, 2.45) is 5.73 Å². The van der Waals surface area contributed by atoms with Gasteiger partial charge in [0.25, 0.3) is 11.9 Å². The first-order chi connectivity index (χ1) is 18.6. The molecule has 2 aromatic carbocycles. The fourth-order valence-corrected chi connectivity index (χ4v) is 3.30. The predicted molar refractivity (Wildman–Crippen MR) is 136 cm³/mol. The number of hydrogen-bond acceptors (Lipinski definition) is 9. The summed E-state index contributed by atoms with van der Waals surface area (Å²) in [6.45, 7) is -0.176. The van der Waals surface area contributed by atoms with Gasteiger partial charge in [0, 0.05) is 42.2 Å². The largest absolute Gasteiger partial charge is 0.497 e. The van der Waals surface area contributed by atoms with E-state index in [2.05, 4.69) is 25.4 Å². The Kier molecular flexibility index (Phi) is 9.23. The highest BCUT2D eigenvalue weighted by molar-refractivity contribution is 5.95. The fourth-order valence-electron chi connectivity index (χ4n) is 3.30. The van der Waals surface area contributed by atoms with E-state index in [-0.39, 0.29) is 34.7 Å². The van der Waals surface area contributed by atoms with Gasteiger partial charge in [-0.15, -0.1) is 9.78 Å². The Hall–Kier alpha value is -5.34. The molecule has 1 atom stereocenters. The minimum atomic E-state index is -1.26. The number of rotatable bonds is 9. The van der Waals surface area contributed by atoms with Gasteiger partial charge in [-0.05, 0) is 36.4 Å². The molecule has 0 aliphatic heterocycles. The van der Waals surface area contributed by atoms with Crippen LogP contribution in [-0.4, -0.2) is 55.6 Å². The molecule has 1 unspecified atom stereocenters. The van der Waals surface area contributed by atoms with Crippen molar-refractivity contribution < 1.29 is 28.2 Å². The lowest BCUT2D eigenvalue weighted by atomic mass is 10.0. The van der Waals surface area contributed by atoms with Gasteiger partial charge < -0.3 is 25.6 Å². The lowest BCUT2D eigenvalue weighted by Crippen LogP contribution is -2.18. The lowest BCUT2D eigenvalue weighted by Gasteiger charge is -2.21. The third kappa shape index (κ3) is 7.12. The van der Waals surface area contributed by atoms with Crippen molar-refractivity contribution in [1.82, 2.24) is 24.7 Å². The average Bonchev–Trinajstić information content (AvgIpc) is 3.30. The number of nitrogens with two attached hydrogens (primary N) is 1. The molecule has 15 heteroatoms. The molecule has 0 amide bonds. The Morgan fingerprint density at radius 1 is 1.26 bits per heavy atom. The first kappa shape index (κ1) is 28.2. The van der Waals surface area contributed by atoms with Crippen LogP contribution >= 0.6 is 0 Å².